The molecule has 6 nitrogen and oxygen atoms in total. The lowest BCUT2D eigenvalue weighted by Gasteiger charge is -2.26. The molecule has 0 radical (unpaired) electrons. The van der Waals surface area contributed by atoms with Crippen LogP contribution in [0.5, 0.6) is 0 Å². The summed E-state index contributed by atoms with van der Waals surface area (Å²) in [6, 6.07) is 0.474. The first-order valence-electron chi connectivity index (χ1n) is 6.41. The van der Waals surface area contributed by atoms with Crippen molar-refractivity contribution in [3.63, 3.8) is 0 Å². The number of nitrogens with two attached hydrogens (primary N) is 1. The van der Waals surface area contributed by atoms with Gasteiger partial charge in [-0.3, -0.25) is 4.90 Å². The Hall–Kier alpha value is -1.01. The molecule has 0 saturated heterocycles. The lowest BCUT2D eigenvalue weighted by Crippen LogP contribution is -2.39. The van der Waals surface area contributed by atoms with Crippen molar-refractivity contribution in [2.75, 3.05) is 13.6 Å². The maximum absolute atomic E-state index is 5.84. The molecule has 0 spiro atoms. The van der Waals surface area contributed by atoms with Crippen LogP contribution in [0.25, 0.3) is 0 Å². The number of aromatic nitrogens is 4. The molecule has 1 aromatic rings. The molecule has 0 aliphatic heterocycles. The molecule has 1 aliphatic carbocycles. The standard InChI is InChI=1S/C11H22N6/c1-3-6-17-11(13-14-15-17)8-16(2)10(7-12)9-4-5-9/h9-10H,3-8,12H2,1-2H3. The predicted molar refractivity (Wildman–Crippen MR) is 65.1 cm³/mol. The molecule has 1 unspecified atom stereocenters. The average Bonchev–Trinajstić information content (AvgIpc) is 3.04. The van der Waals surface area contributed by atoms with E-state index < -0.39 is 0 Å². The van der Waals surface area contributed by atoms with E-state index >= 15 is 0 Å². The second-order valence-corrected chi connectivity index (χ2v) is 4.87. The van der Waals surface area contributed by atoms with E-state index in [4.69, 9.17) is 5.73 Å². The molecule has 1 fully saturated rings. The normalized spacial score (nSPS) is 17.6. The van der Waals surface area contributed by atoms with Gasteiger partial charge in [0.15, 0.2) is 5.82 Å². The van der Waals surface area contributed by atoms with Gasteiger partial charge in [-0.05, 0) is 42.7 Å². The Balaban J connectivity index is 1.96. The van der Waals surface area contributed by atoms with Gasteiger partial charge in [0.25, 0.3) is 0 Å². The molecule has 2 rings (SSSR count). The van der Waals surface area contributed by atoms with Crippen LogP contribution in [0.2, 0.25) is 0 Å². The van der Waals surface area contributed by atoms with Crippen LogP contribution in [0.4, 0.5) is 0 Å². The third kappa shape index (κ3) is 3.01. The maximum Gasteiger partial charge on any atom is 0.165 e. The molecule has 1 atom stereocenters. The lowest BCUT2D eigenvalue weighted by atomic mass is 10.1. The van der Waals surface area contributed by atoms with E-state index in [2.05, 4.69) is 34.4 Å². The van der Waals surface area contributed by atoms with E-state index in [0.29, 0.717) is 6.04 Å². The van der Waals surface area contributed by atoms with Gasteiger partial charge in [-0.25, -0.2) is 4.68 Å². The van der Waals surface area contributed by atoms with E-state index in [9.17, 15) is 0 Å². The molecule has 17 heavy (non-hydrogen) atoms. The van der Waals surface area contributed by atoms with Crippen LogP contribution >= 0.6 is 0 Å². The van der Waals surface area contributed by atoms with Crippen molar-refractivity contribution in [1.29, 1.82) is 0 Å². The topological polar surface area (TPSA) is 72.9 Å². The summed E-state index contributed by atoms with van der Waals surface area (Å²) in [6.45, 7) is 4.51. The third-order valence-corrected chi connectivity index (χ3v) is 3.41. The highest BCUT2D eigenvalue weighted by atomic mass is 15.5. The van der Waals surface area contributed by atoms with Crippen molar-refractivity contribution in [1.82, 2.24) is 25.1 Å². The van der Waals surface area contributed by atoms with Gasteiger partial charge in [0.05, 0.1) is 6.54 Å². The van der Waals surface area contributed by atoms with Crippen molar-refractivity contribution < 1.29 is 0 Å². The zero-order chi connectivity index (χ0) is 12.3. The highest BCUT2D eigenvalue weighted by Crippen LogP contribution is 2.34. The lowest BCUT2D eigenvalue weighted by molar-refractivity contribution is 0.207. The van der Waals surface area contributed by atoms with E-state index in [1.165, 1.54) is 12.8 Å². The fraction of sp³-hybridized carbons (Fsp3) is 0.909. The van der Waals surface area contributed by atoms with Crippen LogP contribution < -0.4 is 5.73 Å². The summed E-state index contributed by atoms with van der Waals surface area (Å²) in [6.07, 6.45) is 3.67. The molecule has 1 heterocycles. The van der Waals surface area contributed by atoms with E-state index in [-0.39, 0.29) is 0 Å². The number of tetrazole rings is 1. The number of nitrogens with zero attached hydrogens (tertiary/aromatic N) is 5. The van der Waals surface area contributed by atoms with Crippen molar-refractivity contribution in [3.05, 3.63) is 5.82 Å². The number of likely N-dealkylation sites (N-methyl/N-ethyl adjacent to an activating group) is 1. The number of rotatable bonds is 7. The molecule has 1 saturated carbocycles. The molecule has 0 bridgehead atoms. The molecular formula is C11H22N6. The summed E-state index contributed by atoms with van der Waals surface area (Å²) in [5.41, 5.74) is 5.84. The van der Waals surface area contributed by atoms with Crippen LogP contribution in [0.15, 0.2) is 0 Å². The summed E-state index contributed by atoms with van der Waals surface area (Å²) < 4.78 is 1.89. The summed E-state index contributed by atoms with van der Waals surface area (Å²) in [4.78, 5) is 2.29. The van der Waals surface area contributed by atoms with E-state index in [0.717, 1.165) is 37.8 Å². The first kappa shape index (κ1) is 12.4. The minimum atomic E-state index is 0.474. The minimum Gasteiger partial charge on any atom is -0.329 e. The first-order valence-corrected chi connectivity index (χ1v) is 6.41. The Kier molecular flexibility index (Phi) is 4.06. The molecule has 0 aromatic carbocycles. The zero-order valence-electron chi connectivity index (χ0n) is 10.7. The van der Waals surface area contributed by atoms with Crippen molar-refractivity contribution >= 4 is 0 Å². The summed E-state index contributed by atoms with van der Waals surface area (Å²) in [7, 11) is 2.11. The number of aryl methyl sites for hydroxylation is 1. The molecular weight excluding hydrogens is 216 g/mol. The van der Waals surface area contributed by atoms with Crippen molar-refractivity contribution in [2.45, 2.75) is 45.3 Å². The van der Waals surface area contributed by atoms with Crippen LogP contribution in [0, 0.1) is 5.92 Å². The largest absolute Gasteiger partial charge is 0.329 e. The first-order chi connectivity index (χ1) is 8.26. The number of hydrogen-bond donors (Lipinski definition) is 1. The van der Waals surface area contributed by atoms with Gasteiger partial charge in [0.1, 0.15) is 0 Å². The maximum atomic E-state index is 5.84. The van der Waals surface area contributed by atoms with Crippen molar-refractivity contribution in [3.8, 4) is 0 Å². The second kappa shape index (κ2) is 5.55. The second-order valence-electron chi connectivity index (χ2n) is 4.87. The quantitative estimate of drug-likeness (QED) is 0.737. The third-order valence-electron chi connectivity index (χ3n) is 3.41. The van der Waals surface area contributed by atoms with Crippen LogP contribution in [0.3, 0.4) is 0 Å². The summed E-state index contributed by atoms with van der Waals surface area (Å²) >= 11 is 0. The Bertz CT molecular complexity index is 345. The molecule has 0 amide bonds. The zero-order valence-corrected chi connectivity index (χ0v) is 10.7. The monoisotopic (exact) mass is 238 g/mol. The van der Waals surface area contributed by atoms with Crippen LogP contribution in [-0.4, -0.2) is 44.7 Å². The van der Waals surface area contributed by atoms with E-state index in [1.54, 1.807) is 0 Å². The minimum absolute atomic E-state index is 0.474. The Labute approximate surface area is 102 Å². The number of hydrogen-bond acceptors (Lipinski definition) is 5. The SMILES string of the molecule is CCCn1nnnc1CN(C)C(CN)C1CC1. The van der Waals surface area contributed by atoms with Gasteiger partial charge < -0.3 is 5.73 Å². The van der Waals surface area contributed by atoms with Gasteiger partial charge in [0.2, 0.25) is 0 Å². The highest BCUT2D eigenvalue weighted by molar-refractivity contribution is 4.90. The Morgan fingerprint density at radius 3 is 2.88 bits per heavy atom. The van der Waals surface area contributed by atoms with Gasteiger partial charge in [-0.2, -0.15) is 0 Å². The van der Waals surface area contributed by atoms with Crippen LogP contribution in [0.1, 0.15) is 32.0 Å². The fourth-order valence-electron chi connectivity index (χ4n) is 2.28. The van der Waals surface area contributed by atoms with E-state index in [1.807, 2.05) is 4.68 Å². The van der Waals surface area contributed by atoms with Gasteiger partial charge in [-0.1, -0.05) is 6.92 Å². The Morgan fingerprint density at radius 2 is 2.29 bits per heavy atom. The van der Waals surface area contributed by atoms with Gasteiger partial charge in [0, 0.05) is 19.1 Å². The van der Waals surface area contributed by atoms with Crippen molar-refractivity contribution in [2.24, 2.45) is 11.7 Å². The highest BCUT2D eigenvalue weighted by Gasteiger charge is 2.33. The molecule has 96 valence electrons. The molecule has 6 heteroatoms. The Morgan fingerprint density at radius 1 is 1.53 bits per heavy atom. The molecule has 1 aliphatic rings. The van der Waals surface area contributed by atoms with Crippen LogP contribution in [-0.2, 0) is 13.1 Å². The summed E-state index contributed by atoms with van der Waals surface area (Å²) in [5.74, 6) is 1.72. The van der Waals surface area contributed by atoms with Gasteiger partial charge in [-0.15, -0.1) is 5.10 Å². The fourth-order valence-corrected chi connectivity index (χ4v) is 2.28. The smallest absolute Gasteiger partial charge is 0.165 e. The predicted octanol–water partition coefficient (Wildman–Crippen LogP) is 0.252. The van der Waals surface area contributed by atoms with Gasteiger partial charge >= 0.3 is 0 Å². The molecule has 1 aromatic heterocycles. The summed E-state index contributed by atoms with van der Waals surface area (Å²) in [5, 5.41) is 11.8. The average molecular weight is 238 g/mol. The molecule has 2 N–H and O–H groups in total.